The molecule has 1 N–H and O–H groups in total. The molecule has 0 aliphatic carbocycles. The molecule has 0 saturated carbocycles. The van der Waals surface area contributed by atoms with Crippen molar-refractivity contribution in [1.82, 2.24) is 4.90 Å². The number of carbonyl (C=O) groups is 1. The highest BCUT2D eigenvalue weighted by atomic mass is 16.6. The van der Waals surface area contributed by atoms with Gasteiger partial charge in [-0.15, -0.1) is 0 Å². The van der Waals surface area contributed by atoms with Crippen molar-refractivity contribution in [2.45, 2.75) is 33.3 Å². The zero-order chi connectivity index (χ0) is 19.2. The Hall–Kier alpha value is -2.53. The van der Waals surface area contributed by atoms with Gasteiger partial charge in [-0.2, -0.15) is 0 Å². The Morgan fingerprint density at radius 3 is 2.67 bits per heavy atom. The fourth-order valence-corrected chi connectivity index (χ4v) is 3.33. The van der Waals surface area contributed by atoms with Crippen LogP contribution in [0.15, 0.2) is 42.5 Å². The number of fused-ring (bicyclic) bond motifs is 1. The second kappa shape index (κ2) is 8.91. The molecule has 0 saturated heterocycles. The third kappa shape index (κ3) is 4.80. The number of nitrogens with zero attached hydrogens (tertiary/aromatic N) is 1. The van der Waals surface area contributed by atoms with E-state index in [2.05, 4.69) is 30.1 Å². The molecule has 0 spiro atoms. The molecular weight excluding hydrogens is 340 g/mol. The maximum Gasteiger partial charge on any atom is 0.238 e. The summed E-state index contributed by atoms with van der Waals surface area (Å²) in [5, 5.41) is 3.09. The molecule has 0 aromatic heterocycles. The van der Waals surface area contributed by atoms with Gasteiger partial charge in [-0.05, 0) is 43.1 Å². The third-order valence-electron chi connectivity index (χ3n) is 4.85. The summed E-state index contributed by atoms with van der Waals surface area (Å²) in [7, 11) is 0. The zero-order valence-corrected chi connectivity index (χ0v) is 16.3. The third-order valence-corrected chi connectivity index (χ3v) is 4.85. The van der Waals surface area contributed by atoms with Crippen LogP contribution in [0.1, 0.15) is 25.0 Å². The van der Waals surface area contributed by atoms with E-state index in [0.717, 1.165) is 41.3 Å². The van der Waals surface area contributed by atoms with E-state index in [9.17, 15) is 4.79 Å². The number of aryl methyl sites for hydroxylation is 2. The van der Waals surface area contributed by atoms with Crippen LogP contribution in [-0.2, 0) is 11.2 Å². The van der Waals surface area contributed by atoms with Crippen LogP contribution in [0.5, 0.6) is 11.5 Å². The number of hydrogen-bond acceptors (Lipinski definition) is 4. The molecule has 1 aliphatic rings. The molecular formula is C22H28N2O3. The summed E-state index contributed by atoms with van der Waals surface area (Å²) in [6.07, 6.45) is 0.805. The SMILES string of the molecule is CCc1cccc(C)c1NC(=O)CN(CC)CC1COc2ccccc2O1. The number of rotatable bonds is 7. The number of likely N-dealkylation sites (N-methyl/N-ethyl adjacent to an activating group) is 1. The van der Waals surface area contributed by atoms with E-state index in [0.29, 0.717) is 19.7 Å². The quantitative estimate of drug-likeness (QED) is 0.810. The van der Waals surface area contributed by atoms with Crippen LogP contribution >= 0.6 is 0 Å². The average molecular weight is 368 g/mol. The second-order valence-electron chi connectivity index (χ2n) is 6.84. The minimum atomic E-state index is -0.0858. The Bertz CT molecular complexity index is 791. The van der Waals surface area contributed by atoms with Gasteiger partial charge in [0.15, 0.2) is 11.5 Å². The first-order chi connectivity index (χ1) is 13.1. The fraction of sp³-hybridized carbons (Fsp3) is 0.409. The number of amides is 1. The summed E-state index contributed by atoms with van der Waals surface area (Å²) < 4.78 is 11.8. The first-order valence-corrected chi connectivity index (χ1v) is 9.59. The molecule has 27 heavy (non-hydrogen) atoms. The molecule has 1 unspecified atom stereocenters. The van der Waals surface area contributed by atoms with Crippen molar-refractivity contribution in [3.05, 3.63) is 53.6 Å². The molecule has 1 atom stereocenters. The lowest BCUT2D eigenvalue weighted by molar-refractivity contribution is -0.117. The Kier molecular flexibility index (Phi) is 6.35. The van der Waals surface area contributed by atoms with Crippen molar-refractivity contribution in [1.29, 1.82) is 0 Å². The van der Waals surface area contributed by atoms with Gasteiger partial charge in [-0.25, -0.2) is 0 Å². The van der Waals surface area contributed by atoms with Crippen LogP contribution in [0.2, 0.25) is 0 Å². The molecule has 0 bridgehead atoms. The molecule has 1 amide bonds. The second-order valence-corrected chi connectivity index (χ2v) is 6.84. The number of ether oxygens (including phenoxy) is 2. The van der Waals surface area contributed by atoms with Crippen molar-refractivity contribution >= 4 is 11.6 Å². The van der Waals surface area contributed by atoms with E-state index >= 15 is 0 Å². The van der Waals surface area contributed by atoms with Gasteiger partial charge >= 0.3 is 0 Å². The van der Waals surface area contributed by atoms with Crippen LogP contribution in [0.4, 0.5) is 5.69 Å². The Morgan fingerprint density at radius 2 is 1.93 bits per heavy atom. The number of para-hydroxylation sites is 3. The van der Waals surface area contributed by atoms with Gasteiger partial charge in [-0.3, -0.25) is 9.69 Å². The Morgan fingerprint density at radius 1 is 1.15 bits per heavy atom. The highest BCUT2D eigenvalue weighted by molar-refractivity contribution is 5.93. The number of anilines is 1. The molecule has 5 nitrogen and oxygen atoms in total. The van der Waals surface area contributed by atoms with Gasteiger partial charge < -0.3 is 14.8 Å². The van der Waals surface area contributed by atoms with Crippen LogP contribution in [0, 0.1) is 6.92 Å². The standard InChI is InChI=1S/C22H28N2O3/c1-4-17-10-8-9-16(3)22(17)23-21(25)14-24(5-2)13-18-15-26-19-11-6-7-12-20(19)27-18/h6-12,18H,4-5,13-15H2,1-3H3,(H,23,25). The lowest BCUT2D eigenvalue weighted by Crippen LogP contribution is -2.43. The molecule has 3 rings (SSSR count). The average Bonchev–Trinajstić information content (AvgIpc) is 2.68. The van der Waals surface area contributed by atoms with E-state index in [4.69, 9.17) is 9.47 Å². The van der Waals surface area contributed by atoms with Gasteiger partial charge in [-0.1, -0.05) is 44.2 Å². The van der Waals surface area contributed by atoms with Crippen molar-refractivity contribution in [3.63, 3.8) is 0 Å². The summed E-state index contributed by atoms with van der Waals surface area (Å²) in [5.74, 6) is 1.54. The fourth-order valence-electron chi connectivity index (χ4n) is 3.33. The molecule has 1 heterocycles. The number of benzene rings is 2. The maximum absolute atomic E-state index is 12.6. The molecule has 2 aromatic rings. The first-order valence-electron chi connectivity index (χ1n) is 9.59. The summed E-state index contributed by atoms with van der Waals surface area (Å²) in [5.41, 5.74) is 3.19. The van der Waals surface area contributed by atoms with E-state index in [1.165, 1.54) is 0 Å². The monoisotopic (exact) mass is 368 g/mol. The van der Waals surface area contributed by atoms with Gasteiger partial charge in [0.1, 0.15) is 12.7 Å². The summed E-state index contributed by atoms with van der Waals surface area (Å²) in [6, 6.07) is 13.8. The van der Waals surface area contributed by atoms with Crippen molar-refractivity contribution in [3.8, 4) is 11.5 Å². The number of carbonyl (C=O) groups excluding carboxylic acids is 1. The van der Waals surface area contributed by atoms with Crippen LogP contribution in [-0.4, -0.2) is 43.2 Å². The summed E-state index contributed by atoms with van der Waals surface area (Å²) in [6.45, 7) is 8.41. The van der Waals surface area contributed by atoms with Gasteiger partial charge in [0.25, 0.3) is 0 Å². The Labute approximate surface area is 161 Å². The zero-order valence-electron chi connectivity index (χ0n) is 16.3. The first kappa shape index (κ1) is 19.2. The predicted octanol–water partition coefficient (Wildman–Crippen LogP) is 3.66. The van der Waals surface area contributed by atoms with Crippen molar-refractivity contribution < 1.29 is 14.3 Å². The van der Waals surface area contributed by atoms with Crippen LogP contribution in [0.25, 0.3) is 0 Å². The Balaban J connectivity index is 1.58. The van der Waals surface area contributed by atoms with E-state index in [-0.39, 0.29) is 12.0 Å². The molecule has 5 heteroatoms. The van der Waals surface area contributed by atoms with E-state index in [1.54, 1.807) is 0 Å². The molecule has 0 fully saturated rings. The smallest absolute Gasteiger partial charge is 0.238 e. The van der Waals surface area contributed by atoms with E-state index < -0.39 is 0 Å². The van der Waals surface area contributed by atoms with Crippen molar-refractivity contribution in [2.75, 3.05) is 31.6 Å². The molecule has 1 aliphatic heterocycles. The number of nitrogens with one attached hydrogen (secondary N) is 1. The molecule has 2 aromatic carbocycles. The van der Waals surface area contributed by atoms with Gasteiger partial charge in [0.05, 0.1) is 6.54 Å². The number of hydrogen-bond donors (Lipinski definition) is 1. The van der Waals surface area contributed by atoms with Crippen LogP contribution < -0.4 is 14.8 Å². The lowest BCUT2D eigenvalue weighted by atomic mass is 10.1. The summed E-state index contributed by atoms with van der Waals surface area (Å²) in [4.78, 5) is 14.7. The predicted molar refractivity (Wildman–Crippen MR) is 108 cm³/mol. The normalized spacial score (nSPS) is 15.6. The minimum absolute atomic E-state index is 0.00187. The lowest BCUT2D eigenvalue weighted by Gasteiger charge is -2.30. The highest BCUT2D eigenvalue weighted by Crippen LogP contribution is 2.31. The van der Waals surface area contributed by atoms with Gasteiger partial charge in [0, 0.05) is 12.2 Å². The minimum Gasteiger partial charge on any atom is -0.486 e. The summed E-state index contributed by atoms with van der Waals surface area (Å²) >= 11 is 0. The van der Waals surface area contributed by atoms with Crippen molar-refractivity contribution in [2.24, 2.45) is 0 Å². The molecule has 144 valence electrons. The highest BCUT2D eigenvalue weighted by Gasteiger charge is 2.23. The van der Waals surface area contributed by atoms with Crippen LogP contribution in [0.3, 0.4) is 0 Å². The van der Waals surface area contributed by atoms with Gasteiger partial charge in [0.2, 0.25) is 5.91 Å². The maximum atomic E-state index is 12.6. The van der Waals surface area contributed by atoms with E-state index in [1.807, 2.05) is 43.3 Å². The molecule has 0 radical (unpaired) electrons. The largest absolute Gasteiger partial charge is 0.486 e. The topological polar surface area (TPSA) is 50.8 Å².